The lowest BCUT2D eigenvalue weighted by Crippen LogP contribution is -2.33. The van der Waals surface area contributed by atoms with Gasteiger partial charge >= 0.3 is 5.97 Å². The molecule has 1 fully saturated rings. The molecule has 0 radical (unpaired) electrons. The van der Waals surface area contributed by atoms with Crippen molar-refractivity contribution in [3.8, 4) is 0 Å². The van der Waals surface area contributed by atoms with Gasteiger partial charge in [0.25, 0.3) is 11.8 Å². The van der Waals surface area contributed by atoms with Crippen LogP contribution in [0.3, 0.4) is 0 Å². The van der Waals surface area contributed by atoms with Crippen LogP contribution in [-0.2, 0) is 119 Å². The number of ether oxygens (including phenoxy) is 8. The fraction of sp³-hybridized carbons (Fsp3) is 0.484. The topological polar surface area (TPSA) is 430 Å². The Balaban J connectivity index is 0.0000149. The summed E-state index contributed by atoms with van der Waals surface area (Å²) in [5, 5.41) is -0.0811. The summed E-state index contributed by atoms with van der Waals surface area (Å²) in [6, 6.07) is 8.39. The molecule has 3 aliphatic heterocycles. The van der Waals surface area contributed by atoms with E-state index in [0.717, 1.165) is 30.3 Å². The van der Waals surface area contributed by atoms with E-state index in [2.05, 4.69) is 0 Å². The monoisotopic (exact) mass is 1460 g/mol. The van der Waals surface area contributed by atoms with E-state index in [9.17, 15) is 79.2 Å². The molecule has 7 rings (SSSR count). The van der Waals surface area contributed by atoms with Crippen LogP contribution in [0.4, 0.5) is 11.4 Å². The summed E-state index contributed by atoms with van der Waals surface area (Å²) >= 11 is 0. The standard InChI is InChI=1S/C61H77N3O27S5.CH4/c1-60(20-10-38-92(68,69)70)53(63(22-26-83-3)50-42-52(96(80,81)82)45-14-13-43(93(71,72)73)39-47(45)59(50)60)11-8-6-5-7-9-12-54-61(2,21-25-86-31-34-90-37-36-88-29-28-84-4)58-48-40-44(94(74,75)76)41-51(95(77,78)79)46(48)15-16-49(58)62(54)23-27-87-32-35-89-33-30-85-24-19-57(67)91-64-55(65)17-18-56(64)66;/h5-9,11-16,39-42H,10,17-38H2,1-4H3,(H4-,68,69,70,71,72,73,74,75,76,77,78,79,80,81,82);1H4/p-4. The van der Waals surface area contributed by atoms with Crippen LogP contribution in [0, 0.1) is 0 Å². The largest absolute Gasteiger partial charge is 0.748 e. The number of benzene rings is 4. The van der Waals surface area contributed by atoms with E-state index in [0.29, 0.717) is 53.6 Å². The highest BCUT2D eigenvalue weighted by Gasteiger charge is 2.49. The molecule has 35 heteroatoms. The molecule has 30 nitrogen and oxygen atoms in total. The van der Waals surface area contributed by atoms with Crippen LogP contribution in [0.2, 0.25) is 0 Å². The Morgan fingerprint density at radius 2 is 1.05 bits per heavy atom. The number of methoxy groups -OCH3 is 2. The first-order valence-electron chi connectivity index (χ1n) is 29.9. The first kappa shape index (κ1) is 79.7. The molecule has 4 aromatic rings. The second kappa shape index (κ2) is 34.6. The molecule has 3 heterocycles. The highest BCUT2D eigenvalue weighted by Crippen LogP contribution is 2.55. The normalized spacial score (nSPS) is 18.3. The minimum atomic E-state index is -5.41. The van der Waals surface area contributed by atoms with Crippen molar-refractivity contribution < 1.29 is 127 Å². The molecule has 97 heavy (non-hydrogen) atoms. The maximum Gasteiger partial charge on any atom is 0.335 e. The quantitative estimate of drug-likeness (QED) is 0.0199. The minimum Gasteiger partial charge on any atom is -0.748 e. The number of amides is 2. The third-order valence-corrected chi connectivity index (χ3v) is 20.1. The number of carbonyl (C=O) groups excluding carboxylic acids is 3. The number of hydrogen-bond acceptors (Lipinski definition) is 28. The fourth-order valence-electron chi connectivity index (χ4n) is 11.6. The van der Waals surface area contributed by atoms with Gasteiger partial charge in [0, 0.05) is 85.9 Å². The lowest BCUT2D eigenvalue weighted by atomic mass is 9.75. The van der Waals surface area contributed by atoms with Crippen molar-refractivity contribution in [3.63, 3.8) is 0 Å². The van der Waals surface area contributed by atoms with Gasteiger partial charge < -0.3 is 70.4 Å². The Kier molecular flexibility index (Phi) is 28.4. The Morgan fingerprint density at radius 3 is 1.62 bits per heavy atom. The molecule has 0 spiro atoms. The van der Waals surface area contributed by atoms with Crippen LogP contribution < -0.4 is 4.90 Å². The fourth-order valence-corrected chi connectivity index (χ4v) is 14.6. The number of hydrogen-bond donors (Lipinski definition) is 0. The zero-order valence-corrected chi connectivity index (χ0v) is 56.9. The Labute approximate surface area is 564 Å². The third-order valence-electron chi connectivity index (χ3n) is 15.9. The molecular formula is C62H77N3O27S5-4. The maximum atomic E-state index is 12.9. The van der Waals surface area contributed by atoms with Crippen molar-refractivity contribution in [2.45, 2.75) is 90.2 Å². The number of imide groups is 1. The van der Waals surface area contributed by atoms with Crippen LogP contribution in [0.1, 0.15) is 70.9 Å². The smallest absolute Gasteiger partial charge is 0.335 e. The summed E-state index contributed by atoms with van der Waals surface area (Å²) in [5.41, 5.74) is -0.666. The van der Waals surface area contributed by atoms with Gasteiger partial charge in [-0.05, 0) is 97.3 Å². The average Bonchev–Trinajstić information content (AvgIpc) is 1.59. The molecule has 536 valence electrons. The first-order chi connectivity index (χ1) is 45.3. The predicted octanol–water partition coefficient (Wildman–Crippen LogP) is 4.04. The lowest BCUT2D eigenvalue weighted by molar-refractivity contribution is -0.442. The molecule has 1 saturated heterocycles. The van der Waals surface area contributed by atoms with Gasteiger partial charge in [-0.15, -0.1) is 5.06 Å². The molecule has 0 aliphatic carbocycles. The Bertz CT molecular complexity index is 4270. The average molecular weight is 1460 g/mol. The molecule has 0 aromatic heterocycles. The lowest BCUT2D eigenvalue weighted by Gasteiger charge is -2.31. The second-order valence-corrected chi connectivity index (χ2v) is 29.4. The number of nitrogens with zero attached hydrogens (tertiary/aromatic N) is 3. The van der Waals surface area contributed by atoms with Crippen molar-refractivity contribution in [1.29, 1.82) is 0 Å². The predicted molar refractivity (Wildman–Crippen MR) is 343 cm³/mol. The zero-order valence-electron chi connectivity index (χ0n) is 52.8. The summed E-state index contributed by atoms with van der Waals surface area (Å²) in [6.45, 7) is 5.35. The van der Waals surface area contributed by atoms with Crippen molar-refractivity contribution >= 4 is 107 Å². The van der Waals surface area contributed by atoms with Gasteiger partial charge in [-0.1, -0.05) is 43.9 Å². The van der Waals surface area contributed by atoms with Crippen LogP contribution in [0.5, 0.6) is 0 Å². The maximum absolute atomic E-state index is 12.9. The van der Waals surface area contributed by atoms with Crippen molar-refractivity contribution in [3.05, 3.63) is 108 Å². The molecular weight excluding hydrogens is 1380 g/mol. The number of anilines is 1. The van der Waals surface area contributed by atoms with Crippen molar-refractivity contribution in [2.75, 3.05) is 130 Å². The van der Waals surface area contributed by atoms with E-state index < -0.39 is 105 Å². The molecule has 2 amide bonds. The molecule has 2 atom stereocenters. The number of rotatable bonds is 40. The Hall–Kier alpha value is -6.33. The van der Waals surface area contributed by atoms with E-state index in [1.54, 1.807) is 74.5 Å². The minimum absolute atomic E-state index is 0. The zero-order chi connectivity index (χ0) is 70.3. The van der Waals surface area contributed by atoms with E-state index in [4.69, 9.17) is 42.7 Å². The summed E-state index contributed by atoms with van der Waals surface area (Å²) in [5.74, 6) is -2.88. The van der Waals surface area contributed by atoms with E-state index in [-0.39, 0.29) is 165 Å². The van der Waals surface area contributed by atoms with Gasteiger partial charge in [-0.3, -0.25) is 9.59 Å². The highest BCUT2D eigenvalue weighted by atomic mass is 32.2. The Morgan fingerprint density at radius 1 is 0.546 bits per heavy atom. The molecule has 0 bridgehead atoms. The van der Waals surface area contributed by atoms with Gasteiger partial charge in [-0.25, -0.2) is 46.9 Å². The molecule has 3 aliphatic rings. The third kappa shape index (κ3) is 20.7. The van der Waals surface area contributed by atoms with Crippen molar-refractivity contribution in [1.82, 2.24) is 5.06 Å². The van der Waals surface area contributed by atoms with Gasteiger partial charge in [0.2, 0.25) is 5.69 Å². The summed E-state index contributed by atoms with van der Waals surface area (Å²) in [7, 11) is -23.1. The summed E-state index contributed by atoms with van der Waals surface area (Å²) < 4.78 is 235. The molecule has 4 aromatic carbocycles. The SMILES string of the molecule is C.COCCOCCOCCOCCC1(C)C(C=CC=CC=CC=C2N(CCOC)c3cc(S(=O)(=O)[O-])c4ccc(S(=O)(=O)[O-])cc4c3C2(C)CCCS(=O)(=O)[O-])=[N+](CCOCCOCCOCCC(=O)ON2C(=O)CCC2=O)c2ccc3c(S(=O)(=O)[O-])cc(S(=O)(=O)[O-])cc3c21. The highest BCUT2D eigenvalue weighted by molar-refractivity contribution is 7.87. The van der Waals surface area contributed by atoms with Gasteiger partial charge in [0.05, 0.1) is 121 Å². The van der Waals surface area contributed by atoms with Crippen LogP contribution in [0.15, 0.2) is 116 Å². The summed E-state index contributed by atoms with van der Waals surface area (Å²) in [4.78, 5) is 38.6. The van der Waals surface area contributed by atoms with Gasteiger partial charge in [0.1, 0.15) is 47.1 Å². The number of carbonyl (C=O) groups is 3. The van der Waals surface area contributed by atoms with Crippen LogP contribution >= 0.6 is 0 Å². The van der Waals surface area contributed by atoms with Crippen molar-refractivity contribution in [2.24, 2.45) is 0 Å². The molecule has 0 saturated carbocycles. The van der Waals surface area contributed by atoms with Gasteiger partial charge in [0.15, 0.2) is 12.3 Å². The van der Waals surface area contributed by atoms with E-state index >= 15 is 0 Å². The summed E-state index contributed by atoms with van der Waals surface area (Å²) in [6.07, 6.45) is 10.8. The second-order valence-electron chi connectivity index (χ2n) is 22.4. The molecule has 2 unspecified atom stereocenters. The first-order valence-corrected chi connectivity index (χ1v) is 37.1. The van der Waals surface area contributed by atoms with Crippen LogP contribution in [0.25, 0.3) is 21.5 Å². The number of hydroxylamine groups is 2. The van der Waals surface area contributed by atoms with E-state index in [1.807, 2.05) is 4.58 Å². The van der Waals surface area contributed by atoms with E-state index in [1.165, 1.54) is 13.2 Å². The van der Waals surface area contributed by atoms with Crippen LogP contribution in [-0.4, -0.2) is 224 Å². The number of allylic oxidation sites excluding steroid dienone is 8. The molecule has 0 N–H and O–H groups in total. The number of fused-ring (bicyclic) bond motifs is 6. The van der Waals surface area contributed by atoms with Gasteiger partial charge in [-0.2, -0.15) is 4.58 Å².